The topological polar surface area (TPSA) is 75.6 Å². The molecule has 1 amide bonds. The van der Waals surface area contributed by atoms with Crippen LogP contribution in [0.2, 0.25) is 0 Å². The van der Waals surface area contributed by atoms with E-state index in [-0.39, 0.29) is 25.4 Å². The molecule has 25 heavy (non-hydrogen) atoms. The number of carbonyl (C=O) groups is 2. The number of aliphatic carboxylic acids is 1. The molecule has 1 unspecified atom stereocenters. The van der Waals surface area contributed by atoms with Gasteiger partial charge in [-0.05, 0) is 23.6 Å². The second-order valence-corrected chi connectivity index (χ2v) is 5.86. The predicted octanol–water partition coefficient (Wildman–Crippen LogP) is 3.23. The predicted molar refractivity (Wildman–Crippen MR) is 95.0 cm³/mol. The summed E-state index contributed by atoms with van der Waals surface area (Å²) >= 11 is 0. The van der Waals surface area contributed by atoms with E-state index in [0.717, 1.165) is 16.7 Å². The molecule has 2 aromatic rings. The molecule has 0 aliphatic heterocycles. The van der Waals surface area contributed by atoms with Gasteiger partial charge in [0, 0.05) is 6.42 Å². The summed E-state index contributed by atoms with van der Waals surface area (Å²) in [5.41, 5.74) is 2.82. The summed E-state index contributed by atoms with van der Waals surface area (Å²) in [7, 11) is 0. The highest BCUT2D eigenvalue weighted by Gasteiger charge is 2.19. The van der Waals surface area contributed by atoms with Crippen molar-refractivity contribution in [3.05, 3.63) is 71.3 Å². The normalized spacial score (nSPS) is 11.7. The van der Waals surface area contributed by atoms with Crippen LogP contribution in [0.1, 0.15) is 35.6 Å². The van der Waals surface area contributed by atoms with Crippen molar-refractivity contribution in [2.75, 3.05) is 6.61 Å². The Morgan fingerprint density at radius 1 is 1.08 bits per heavy atom. The maximum Gasteiger partial charge on any atom is 0.305 e. The Bertz CT molecular complexity index is 700. The molecule has 0 bridgehead atoms. The van der Waals surface area contributed by atoms with Crippen molar-refractivity contribution in [1.82, 2.24) is 5.32 Å². The monoisotopic (exact) mass is 341 g/mol. The van der Waals surface area contributed by atoms with Gasteiger partial charge in [-0.15, -0.1) is 0 Å². The largest absolute Gasteiger partial charge is 0.481 e. The lowest BCUT2D eigenvalue weighted by atomic mass is 9.98. The van der Waals surface area contributed by atoms with E-state index in [4.69, 9.17) is 9.84 Å². The fourth-order valence-corrected chi connectivity index (χ4v) is 2.59. The fraction of sp³-hybridized carbons (Fsp3) is 0.300. The summed E-state index contributed by atoms with van der Waals surface area (Å²) in [6.45, 7) is 2.64. The number of hydrogen-bond donors (Lipinski definition) is 2. The van der Waals surface area contributed by atoms with Crippen molar-refractivity contribution in [1.29, 1.82) is 0 Å². The number of ether oxygens (including phenoxy) is 1. The maximum absolute atomic E-state index is 12.1. The van der Waals surface area contributed by atoms with E-state index in [1.165, 1.54) is 0 Å². The Morgan fingerprint density at radius 3 is 2.44 bits per heavy atom. The molecule has 0 aliphatic carbocycles. The summed E-state index contributed by atoms with van der Waals surface area (Å²) in [5.74, 6) is -1.17. The molecule has 0 aromatic heterocycles. The van der Waals surface area contributed by atoms with Crippen molar-refractivity contribution in [2.45, 2.75) is 32.4 Å². The molecule has 0 radical (unpaired) electrons. The van der Waals surface area contributed by atoms with Crippen LogP contribution < -0.4 is 5.32 Å². The maximum atomic E-state index is 12.1. The average Bonchev–Trinajstić information content (AvgIpc) is 2.59. The number of benzene rings is 2. The van der Waals surface area contributed by atoms with Crippen LogP contribution in [0.4, 0.5) is 0 Å². The van der Waals surface area contributed by atoms with E-state index in [1.807, 2.05) is 61.5 Å². The van der Waals surface area contributed by atoms with Gasteiger partial charge in [0.05, 0.1) is 25.7 Å². The molecule has 0 aliphatic rings. The van der Waals surface area contributed by atoms with Crippen LogP contribution in [-0.2, 0) is 20.9 Å². The van der Waals surface area contributed by atoms with Gasteiger partial charge in [0.15, 0.2) is 0 Å². The molecule has 2 rings (SSSR count). The molecule has 5 nitrogen and oxygen atoms in total. The molecule has 2 aromatic carbocycles. The van der Waals surface area contributed by atoms with E-state index in [2.05, 4.69) is 5.32 Å². The minimum absolute atomic E-state index is 0.151. The van der Waals surface area contributed by atoms with Crippen LogP contribution in [0.3, 0.4) is 0 Å². The van der Waals surface area contributed by atoms with Crippen LogP contribution in [0.15, 0.2) is 54.6 Å². The van der Waals surface area contributed by atoms with Gasteiger partial charge >= 0.3 is 5.97 Å². The van der Waals surface area contributed by atoms with Crippen LogP contribution in [0.25, 0.3) is 0 Å². The van der Waals surface area contributed by atoms with Gasteiger partial charge in [0.2, 0.25) is 5.91 Å². The Kier molecular flexibility index (Phi) is 7.16. The lowest BCUT2D eigenvalue weighted by Gasteiger charge is -2.19. The number of amides is 1. The lowest BCUT2D eigenvalue weighted by Crippen LogP contribution is -2.31. The van der Waals surface area contributed by atoms with Crippen molar-refractivity contribution >= 4 is 11.9 Å². The summed E-state index contributed by atoms with van der Waals surface area (Å²) in [6.07, 6.45) is 0.0380. The number of hydrogen-bond acceptors (Lipinski definition) is 3. The standard InChI is InChI=1S/C20H23NO4/c1-15-7-5-6-10-17(15)18(13-20(23)24)21-19(22)11-12-25-14-16-8-3-2-4-9-16/h2-10,18H,11-14H2,1H3,(H,21,22)(H,23,24). The Hall–Kier alpha value is -2.66. The van der Waals surface area contributed by atoms with Crippen molar-refractivity contribution in [3.63, 3.8) is 0 Å². The van der Waals surface area contributed by atoms with Crippen LogP contribution in [-0.4, -0.2) is 23.6 Å². The molecular weight excluding hydrogens is 318 g/mol. The highest BCUT2D eigenvalue weighted by atomic mass is 16.5. The number of nitrogens with one attached hydrogen (secondary N) is 1. The third-order valence-electron chi connectivity index (χ3n) is 3.86. The number of carbonyl (C=O) groups excluding carboxylic acids is 1. The first kappa shape index (κ1) is 18.7. The SMILES string of the molecule is Cc1ccccc1C(CC(=O)O)NC(=O)CCOCc1ccccc1. The molecule has 2 N–H and O–H groups in total. The molecule has 0 spiro atoms. The quantitative estimate of drug-likeness (QED) is 0.687. The Morgan fingerprint density at radius 2 is 1.76 bits per heavy atom. The number of carboxylic acids is 1. The Labute approximate surface area is 147 Å². The van der Waals surface area contributed by atoms with Gasteiger partial charge in [0.25, 0.3) is 0 Å². The number of aryl methyl sites for hydroxylation is 1. The zero-order valence-electron chi connectivity index (χ0n) is 14.3. The third-order valence-corrected chi connectivity index (χ3v) is 3.86. The molecule has 132 valence electrons. The van der Waals surface area contributed by atoms with Gasteiger partial charge in [-0.3, -0.25) is 9.59 Å². The fourth-order valence-electron chi connectivity index (χ4n) is 2.59. The van der Waals surface area contributed by atoms with Crippen LogP contribution in [0, 0.1) is 6.92 Å². The van der Waals surface area contributed by atoms with E-state index in [1.54, 1.807) is 0 Å². The third kappa shape index (κ3) is 6.39. The molecule has 0 saturated carbocycles. The first-order valence-electron chi connectivity index (χ1n) is 8.24. The zero-order valence-corrected chi connectivity index (χ0v) is 14.3. The van der Waals surface area contributed by atoms with Crippen LogP contribution >= 0.6 is 0 Å². The summed E-state index contributed by atoms with van der Waals surface area (Å²) in [5, 5.41) is 11.9. The average molecular weight is 341 g/mol. The minimum atomic E-state index is -0.950. The van der Waals surface area contributed by atoms with E-state index in [9.17, 15) is 9.59 Å². The minimum Gasteiger partial charge on any atom is -0.481 e. The smallest absolute Gasteiger partial charge is 0.305 e. The summed E-state index contributed by atoms with van der Waals surface area (Å²) < 4.78 is 5.51. The van der Waals surface area contributed by atoms with Crippen molar-refractivity contribution in [2.24, 2.45) is 0 Å². The highest BCUT2D eigenvalue weighted by molar-refractivity contribution is 5.78. The van der Waals surface area contributed by atoms with E-state index in [0.29, 0.717) is 6.61 Å². The van der Waals surface area contributed by atoms with Crippen molar-refractivity contribution < 1.29 is 19.4 Å². The van der Waals surface area contributed by atoms with Gasteiger partial charge in [-0.1, -0.05) is 54.6 Å². The molecule has 5 heteroatoms. The van der Waals surface area contributed by atoms with Gasteiger partial charge in [-0.25, -0.2) is 0 Å². The molecular formula is C20H23NO4. The first-order chi connectivity index (χ1) is 12.1. The molecule has 0 saturated heterocycles. The summed E-state index contributed by atoms with van der Waals surface area (Å²) in [6, 6.07) is 16.7. The number of carboxylic acid groups (broad SMARTS) is 1. The van der Waals surface area contributed by atoms with E-state index >= 15 is 0 Å². The molecule has 0 heterocycles. The molecule has 1 atom stereocenters. The molecule has 0 fully saturated rings. The number of rotatable bonds is 9. The zero-order chi connectivity index (χ0) is 18.1. The Balaban J connectivity index is 1.85. The van der Waals surface area contributed by atoms with Gasteiger partial charge in [-0.2, -0.15) is 0 Å². The van der Waals surface area contributed by atoms with Gasteiger partial charge in [0.1, 0.15) is 0 Å². The second-order valence-electron chi connectivity index (χ2n) is 5.86. The summed E-state index contributed by atoms with van der Waals surface area (Å²) in [4.78, 5) is 23.3. The lowest BCUT2D eigenvalue weighted by molar-refractivity contribution is -0.137. The van der Waals surface area contributed by atoms with Gasteiger partial charge < -0.3 is 15.2 Å². The second kappa shape index (κ2) is 9.59. The van der Waals surface area contributed by atoms with E-state index < -0.39 is 12.0 Å². The van der Waals surface area contributed by atoms with Crippen LogP contribution in [0.5, 0.6) is 0 Å². The highest BCUT2D eigenvalue weighted by Crippen LogP contribution is 2.20. The van der Waals surface area contributed by atoms with Crippen molar-refractivity contribution in [3.8, 4) is 0 Å². The first-order valence-corrected chi connectivity index (χ1v) is 8.24.